The van der Waals surface area contributed by atoms with Crippen molar-refractivity contribution in [2.45, 2.75) is 56.5 Å². The van der Waals surface area contributed by atoms with Crippen molar-refractivity contribution >= 4 is 0 Å². The van der Waals surface area contributed by atoms with Gasteiger partial charge in [0.1, 0.15) is 0 Å². The van der Waals surface area contributed by atoms with Crippen molar-refractivity contribution in [2.75, 3.05) is 19.8 Å². The number of ether oxygens (including phenoxy) is 3. The number of rotatable bonds is 6. The molecule has 0 unspecified atom stereocenters. The maximum atomic E-state index is 10.6. The SMILES string of the molecule is OC1(CO[C@H]2CCOC2)CCC(OCc2ccccc2)CC1. The predicted molar refractivity (Wildman–Crippen MR) is 83.6 cm³/mol. The maximum absolute atomic E-state index is 10.6. The van der Waals surface area contributed by atoms with Crippen LogP contribution in [0, 0.1) is 0 Å². The van der Waals surface area contributed by atoms with Gasteiger partial charge in [0.05, 0.1) is 37.6 Å². The van der Waals surface area contributed by atoms with Crippen molar-refractivity contribution in [1.82, 2.24) is 0 Å². The van der Waals surface area contributed by atoms with Crippen LogP contribution in [-0.2, 0) is 20.8 Å². The molecule has 1 aromatic carbocycles. The predicted octanol–water partition coefficient (Wildman–Crippen LogP) is 2.68. The fourth-order valence-corrected chi connectivity index (χ4v) is 3.15. The Kier molecular flexibility index (Phi) is 5.47. The van der Waals surface area contributed by atoms with Crippen LogP contribution >= 0.6 is 0 Å². The van der Waals surface area contributed by atoms with Crippen molar-refractivity contribution in [2.24, 2.45) is 0 Å². The summed E-state index contributed by atoms with van der Waals surface area (Å²) in [6.45, 7) is 2.52. The molecule has 1 aliphatic carbocycles. The molecule has 1 aromatic rings. The third-order valence-electron chi connectivity index (χ3n) is 4.67. The van der Waals surface area contributed by atoms with E-state index < -0.39 is 5.60 Å². The molecule has 0 aromatic heterocycles. The number of hydrogen-bond donors (Lipinski definition) is 1. The van der Waals surface area contributed by atoms with Crippen LogP contribution in [0.25, 0.3) is 0 Å². The van der Waals surface area contributed by atoms with E-state index in [2.05, 4.69) is 12.1 Å². The highest BCUT2D eigenvalue weighted by Gasteiger charge is 2.35. The van der Waals surface area contributed by atoms with E-state index in [0.717, 1.165) is 38.7 Å². The summed E-state index contributed by atoms with van der Waals surface area (Å²) in [4.78, 5) is 0. The molecular weight excluding hydrogens is 280 g/mol. The van der Waals surface area contributed by atoms with Gasteiger partial charge in [0.15, 0.2) is 0 Å². The standard InChI is InChI=1S/C18H26O4/c19-18(14-22-17-8-11-20-13-17)9-6-16(7-10-18)21-12-15-4-2-1-3-5-15/h1-5,16-17,19H,6-14H2/t16?,17-,18?/m0/s1. The first-order chi connectivity index (χ1) is 10.7. The Morgan fingerprint density at radius 2 is 1.82 bits per heavy atom. The van der Waals surface area contributed by atoms with Gasteiger partial charge in [-0.3, -0.25) is 0 Å². The largest absolute Gasteiger partial charge is 0.387 e. The second-order valence-electron chi connectivity index (χ2n) is 6.52. The molecule has 0 bridgehead atoms. The second kappa shape index (κ2) is 7.55. The fourth-order valence-electron chi connectivity index (χ4n) is 3.15. The highest BCUT2D eigenvalue weighted by Crippen LogP contribution is 2.31. The zero-order valence-corrected chi connectivity index (χ0v) is 13.1. The topological polar surface area (TPSA) is 47.9 Å². The molecule has 0 amide bonds. The molecule has 1 saturated carbocycles. The summed E-state index contributed by atoms with van der Waals surface area (Å²) in [5.74, 6) is 0. The maximum Gasteiger partial charge on any atom is 0.0882 e. The average molecular weight is 306 g/mol. The van der Waals surface area contributed by atoms with Gasteiger partial charge in [-0.25, -0.2) is 0 Å². The van der Waals surface area contributed by atoms with E-state index in [1.165, 1.54) is 5.56 Å². The molecule has 1 atom stereocenters. The molecule has 3 rings (SSSR count). The Labute approximate surface area is 132 Å². The van der Waals surface area contributed by atoms with Crippen LogP contribution in [0.5, 0.6) is 0 Å². The summed E-state index contributed by atoms with van der Waals surface area (Å²) in [5.41, 5.74) is 0.516. The second-order valence-corrected chi connectivity index (χ2v) is 6.52. The molecule has 2 fully saturated rings. The van der Waals surface area contributed by atoms with Gasteiger partial charge in [0.2, 0.25) is 0 Å². The van der Waals surface area contributed by atoms with Gasteiger partial charge in [0.25, 0.3) is 0 Å². The van der Waals surface area contributed by atoms with Crippen LogP contribution in [0.3, 0.4) is 0 Å². The lowest BCUT2D eigenvalue weighted by molar-refractivity contribution is -0.114. The lowest BCUT2D eigenvalue weighted by Crippen LogP contribution is -2.41. The van der Waals surface area contributed by atoms with E-state index in [-0.39, 0.29) is 12.2 Å². The molecule has 2 aliphatic rings. The first kappa shape index (κ1) is 15.9. The van der Waals surface area contributed by atoms with E-state index >= 15 is 0 Å². The molecule has 1 N–H and O–H groups in total. The minimum absolute atomic E-state index is 0.163. The van der Waals surface area contributed by atoms with Gasteiger partial charge in [-0.2, -0.15) is 0 Å². The number of aliphatic hydroxyl groups is 1. The van der Waals surface area contributed by atoms with E-state index in [1.54, 1.807) is 0 Å². The van der Waals surface area contributed by atoms with E-state index in [9.17, 15) is 5.11 Å². The lowest BCUT2D eigenvalue weighted by Gasteiger charge is -2.36. The Morgan fingerprint density at radius 1 is 1.05 bits per heavy atom. The lowest BCUT2D eigenvalue weighted by atomic mass is 9.84. The van der Waals surface area contributed by atoms with Crippen molar-refractivity contribution in [3.63, 3.8) is 0 Å². The highest BCUT2D eigenvalue weighted by molar-refractivity contribution is 5.13. The summed E-state index contributed by atoms with van der Waals surface area (Å²) in [6, 6.07) is 10.2. The minimum atomic E-state index is -0.685. The normalized spacial score (nSPS) is 32.2. The zero-order chi connectivity index (χ0) is 15.3. The van der Waals surface area contributed by atoms with Crippen LogP contribution in [0.4, 0.5) is 0 Å². The summed E-state index contributed by atoms with van der Waals surface area (Å²) in [7, 11) is 0. The Morgan fingerprint density at radius 3 is 2.50 bits per heavy atom. The molecule has 4 heteroatoms. The van der Waals surface area contributed by atoms with Crippen molar-refractivity contribution < 1.29 is 19.3 Å². The number of hydrogen-bond acceptors (Lipinski definition) is 4. The molecular formula is C18H26O4. The van der Waals surface area contributed by atoms with Gasteiger partial charge in [-0.1, -0.05) is 30.3 Å². The zero-order valence-electron chi connectivity index (χ0n) is 13.1. The molecule has 1 aliphatic heterocycles. The van der Waals surface area contributed by atoms with Crippen LogP contribution < -0.4 is 0 Å². The fraction of sp³-hybridized carbons (Fsp3) is 0.667. The first-order valence-electron chi connectivity index (χ1n) is 8.31. The van der Waals surface area contributed by atoms with E-state index in [0.29, 0.717) is 19.8 Å². The van der Waals surface area contributed by atoms with Gasteiger partial charge in [-0.15, -0.1) is 0 Å². The van der Waals surface area contributed by atoms with Crippen molar-refractivity contribution in [3.8, 4) is 0 Å². The Bertz CT molecular complexity index is 434. The monoisotopic (exact) mass is 306 g/mol. The summed E-state index contributed by atoms with van der Waals surface area (Å²) in [6.07, 6.45) is 4.65. The first-order valence-corrected chi connectivity index (χ1v) is 8.31. The Hall–Kier alpha value is -0.940. The van der Waals surface area contributed by atoms with Crippen LogP contribution in [0.1, 0.15) is 37.7 Å². The highest BCUT2D eigenvalue weighted by atomic mass is 16.6. The van der Waals surface area contributed by atoms with Crippen LogP contribution in [0.2, 0.25) is 0 Å². The van der Waals surface area contributed by atoms with E-state index in [1.807, 2.05) is 18.2 Å². The van der Waals surface area contributed by atoms with Crippen molar-refractivity contribution in [1.29, 1.82) is 0 Å². The third kappa shape index (κ3) is 4.53. The Balaban J connectivity index is 1.37. The average Bonchev–Trinajstić information content (AvgIpc) is 3.07. The van der Waals surface area contributed by atoms with Crippen molar-refractivity contribution in [3.05, 3.63) is 35.9 Å². The molecule has 1 saturated heterocycles. The third-order valence-corrected chi connectivity index (χ3v) is 4.67. The number of benzene rings is 1. The molecule has 0 radical (unpaired) electrons. The summed E-state index contributed by atoms with van der Waals surface area (Å²) in [5, 5.41) is 10.6. The molecule has 22 heavy (non-hydrogen) atoms. The minimum Gasteiger partial charge on any atom is -0.387 e. The summed E-state index contributed by atoms with van der Waals surface area (Å²) >= 11 is 0. The van der Waals surface area contributed by atoms with Gasteiger partial charge in [-0.05, 0) is 37.7 Å². The molecule has 4 nitrogen and oxygen atoms in total. The molecule has 0 spiro atoms. The molecule has 1 heterocycles. The van der Waals surface area contributed by atoms with E-state index in [4.69, 9.17) is 14.2 Å². The van der Waals surface area contributed by atoms with Crippen LogP contribution in [-0.4, -0.2) is 42.7 Å². The molecule has 122 valence electrons. The van der Waals surface area contributed by atoms with Gasteiger partial charge >= 0.3 is 0 Å². The van der Waals surface area contributed by atoms with Gasteiger partial charge in [0, 0.05) is 6.61 Å². The smallest absolute Gasteiger partial charge is 0.0882 e. The van der Waals surface area contributed by atoms with Gasteiger partial charge < -0.3 is 19.3 Å². The quantitative estimate of drug-likeness (QED) is 0.878. The van der Waals surface area contributed by atoms with Crippen LogP contribution in [0.15, 0.2) is 30.3 Å². The summed E-state index contributed by atoms with van der Waals surface area (Å²) < 4.78 is 17.1.